The number of aryl methyl sites for hydroxylation is 1. The Labute approximate surface area is 193 Å². The Morgan fingerprint density at radius 1 is 1.15 bits per heavy atom. The molecule has 1 heterocycles. The molecule has 178 valence electrons. The molecule has 1 amide bonds. The topological polar surface area (TPSA) is 131 Å². The lowest BCUT2D eigenvalue weighted by Crippen LogP contribution is -2.30. The van der Waals surface area contributed by atoms with Crippen LogP contribution < -0.4 is 10.2 Å². The largest absolute Gasteiger partial charge is 0.494 e. The third-order valence-electron chi connectivity index (χ3n) is 5.49. The Morgan fingerprint density at radius 2 is 1.91 bits per heavy atom. The summed E-state index contributed by atoms with van der Waals surface area (Å²) >= 11 is 0. The van der Waals surface area contributed by atoms with Crippen molar-refractivity contribution in [2.24, 2.45) is 0 Å². The standard InChI is InChI=1S/C23H29N3O6S/c1-31-15-20-24-22-18(32-2)12-13-19(23(22)25-20)33(29,30)17(14-21(27)26-28)11-7-6-10-16-8-4-3-5-9-16/h3-5,8-9,12-13,17,28H,6-7,10-11,14-15H2,1-2H3,(H,24,25)(H,26,27). The maximum Gasteiger partial charge on any atom is 0.244 e. The fourth-order valence-corrected chi connectivity index (χ4v) is 5.74. The van der Waals surface area contributed by atoms with Crippen LogP contribution in [-0.2, 0) is 32.4 Å². The van der Waals surface area contributed by atoms with Crippen molar-refractivity contribution < 1.29 is 27.9 Å². The molecule has 10 heteroatoms. The van der Waals surface area contributed by atoms with E-state index in [1.54, 1.807) is 11.5 Å². The highest BCUT2D eigenvalue weighted by Crippen LogP contribution is 2.33. The number of amides is 1. The average molecular weight is 476 g/mol. The molecule has 0 radical (unpaired) electrons. The number of sulfone groups is 1. The van der Waals surface area contributed by atoms with E-state index in [4.69, 9.17) is 14.7 Å². The lowest BCUT2D eigenvalue weighted by atomic mass is 10.1. The Balaban J connectivity index is 1.88. The molecule has 3 N–H and O–H groups in total. The number of imidazole rings is 1. The minimum Gasteiger partial charge on any atom is -0.494 e. The van der Waals surface area contributed by atoms with E-state index in [-0.39, 0.29) is 24.3 Å². The third kappa shape index (κ3) is 5.89. The smallest absolute Gasteiger partial charge is 0.244 e. The van der Waals surface area contributed by atoms with Gasteiger partial charge in [0.1, 0.15) is 23.7 Å². The van der Waals surface area contributed by atoms with Gasteiger partial charge in [0.25, 0.3) is 0 Å². The van der Waals surface area contributed by atoms with Crippen LogP contribution in [0.2, 0.25) is 0 Å². The van der Waals surface area contributed by atoms with Gasteiger partial charge in [0, 0.05) is 13.5 Å². The van der Waals surface area contributed by atoms with Crippen molar-refractivity contribution in [2.75, 3.05) is 14.2 Å². The number of nitrogens with zero attached hydrogens (tertiary/aromatic N) is 1. The Kier molecular flexibility index (Phi) is 8.43. The number of hydrogen-bond donors (Lipinski definition) is 3. The van der Waals surface area contributed by atoms with E-state index >= 15 is 0 Å². The maximum atomic E-state index is 13.6. The highest BCUT2D eigenvalue weighted by molar-refractivity contribution is 7.92. The van der Waals surface area contributed by atoms with Crippen molar-refractivity contribution in [3.05, 3.63) is 53.9 Å². The summed E-state index contributed by atoms with van der Waals surface area (Å²) in [5, 5.41) is 7.99. The summed E-state index contributed by atoms with van der Waals surface area (Å²) in [6.45, 7) is 0.174. The molecule has 0 aliphatic carbocycles. The van der Waals surface area contributed by atoms with Crippen LogP contribution in [-0.4, -0.2) is 49.0 Å². The fraction of sp³-hybridized carbons (Fsp3) is 0.391. The molecule has 1 aromatic heterocycles. The van der Waals surface area contributed by atoms with Crippen LogP contribution in [0.15, 0.2) is 47.4 Å². The highest BCUT2D eigenvalue weighted by atomic mass is 32.2. The van der Waals surface area contributed by atoms with Crippen molar-refractivity contribution in [3.63, 3.8) is 0 Å². The molecule has 0 spiro atoms. The molecule has 1 unspecified atom stereocenters. The van der Waals surface area contributed by atoms with E-state index in [0.717, 1.165) is 12.8 Å². The van der Waals surface area contributed by atoms with Gasteiger partial charge in [0.2, 0.25) is 5.91 Å². The van der Waals surface area contributed by atoms with E-state index in [1.165, 1.54) is 25.8 Å². The zero-order valence-electron chi connectivity index (χ0n) is 18.7. The van der Waals surface area contributed by atoms with Crippen molar-refractivity contribution in [1.29, 1.82) is 0 Å². The molecule has 3 aromatic rings. The number of ether oxygens (including phenoxy) is 2. The van der Waals surface area contributed by atoms with Gasteiger partial charge in [-0.2, -0.15) is 0 Å². The van der Waals surface area contributed by atoms with Crippen molar-refractivity contribution in [1.82, 2.24) is 15.4 Å². The third-order valence-corrected chi connectivity index (χ3v) is 7.72. The number of fused-ring (bicyclic) bond motifs is 1. The van der Waals surface area contributed by atoms with Crippen molar-refractivity contribution in [3.8, 4) is 5.75 Å². The van der Waals surface area contributed by atoms with Gasteiger partial charge in [-0.25, -0.2) is 18.9 Å². The normalized spacial score (nSPS) is 12.6. The van der Waals surface area contributed by atoms with E-state index in [9.17, 15) is 13.2 Å². The van der Waals surface area contributed by atoms with Crippen LogP contribution >= 0.6 is 0 Å². The van der Waals surface area contributed by atoms with Crippen molar-refractivity contribution in [2.45, 2.75) is 48.9 Å². The summed E-state index contributed by atoms with van der Waals surface area (Å²) in [5.41, 5.74) is 3.40. The molecule has 0 saturated carbocycles. The number of methoxy groups -OCH3 is 2. The van der Waals surface area contributed by atoms with Gasteiger partial charge in [0.15, 0.2) is 9.84 Å². The number of unbranched alkanes of at least 4 members (excludes halogenated alkanes) is 1. The highest BCUT2D eigenvalue weighted by Gasteiger charge is 2.32. The molecule has 1 atom stereocenters. The number of carbonyl (C=O) groups is 1. The van der Waals surface area contributed by atoms with Gasteiger partial charge >= 0.3 is 0 Å². The molecular formula is C23H29N3O6S. The van der Waals surface area contributed by atoms with Crippen LogP contribution in [0, 0.1) is 0 Å². The summed E-state index contributed by atoms with van der Waals surface area (Å²) in [5.74, 6) is 0.136. The van der Waals surface area contributed by atoms with Gasteiger partial charge in [-0.05, 0) is 37.0 Å². The lowest BCUT2D eigenvalue weighted by Gasteiger charge is -2.18. The predicted octanol–water partition coefficient (Wildman–Crippen LogP) is 3.17. The van der Waals surface area contributed by atoms with Gasteiger partial charge in [-0.1, -0.05) is 36.8 Å². The van der Waals surface area contributed by atoms with Crippen LogP contribution in [0.4, 0.5) is 0 Å². The second-order valence-electron chi connectivity index (χ2n) is 7.74. The van der Waals surface area contributed by atoms with Crippen LogP contribution in [0.25, 0.3) is 11.0 Å². The molecule has 33 heavy (non-hydrogen) atoms. The van der Waals surface area contributed by atoms with Crippen LogP contribution in [0.1, 0.15) is 37.1 Å². The second-order valence-corrected chi connectivity index (χ2v) is 9.94. The van der Waals surface area contributed by atoms with Crippen LogP contribution in [0.5, 0.6) is 5.75 Å². The molecule has 0 bridgehead atoms. The van der Waals surface area contributed by atoms with E-state index in [1.807, 2.05) is 30.3 Å². The number of benzene rings is 2. The number of H-pyrrole nitrogens is 1. The molecule has 9 nitrogen and oxygen atoms in total. The number of rotatable bonds is 12. The monoisotopic (exact) mass is 475 g/mol. The number of nitrogens with one attached hydrogen (secondary N) is 2. The maximum absolute atomic E-state index is 13.6. The van der Waals surface area contributed by atoms with Gasteiger partial charge in [0.05, 0.1) is 22.8 Å². The van der Waals surface area contributed by atoms with Gasteiger partial charge in [-0.15, -0.1) is 0 Å². The summed E-state index contributed by atoms with van der Waals surface area (Å²) in [6, 6.07) is 12.9. The zero-order valence-corrected chi connectivity index (χ0v) is 19.5. The second kappa shape index (κ2) is 11.3. The minimum absolute atomic E-state index is 0.0342. The molecule has 0 aliphatic heterocycles. The number of aromatic nitrogens is 2. The Bertz CT molecular complexity index is 1180. The SMILES string of the molecule is COCc1nc2c(OC)ccc(S(=O)(=O)C(CCCCc3ccccc3)CC(=O)NO)c2[nH]1. The van der Waals surface area contributed by atoms with Crippen molar-refractivity contribution >= 4 is 26.8 Å². The Morgan fingerprint density at radius 3 is 2.58 bits per heavy atom. The summed E-state index contributed by atoms with van der Waals surface area (Å²) < 4.78 is 37.7. The molecule has 2 aromatic carbocycles. The van der Waals surface area contributed by atoms with Gasteiger partial charge < -0.3 is 14.5 Å². The first-order valence-corrected chi connectivity index (χ1v) is 12.2. The molecule has 0 aliphatic rings. The molecule has 3 rings (SSSR count). The quantitative estimate of drug-likeness (QED) is 0.208. The number of aromatic amines is 1. The number of hydroxylamine groups is 1. The lowest BCUT2D eigenvalue weighted by molar-refractivity contribution is -0.129. The van der Waals surface area contributed by atoms with E-state index in [0.29, 0.717) is 29.0 Å². The molecular weight excluding hydrogens is 446 g/mol. The first-order valence-electron chi connectivity index (χ1n) is 10.7. The summed E-state index contributed by atoms with van der Waals surface area (Å²) in [7, 11) is -0.948. The number of hydrogen-bond acceptors (Lipinski definition) is 7. The molecule has 0 saturated heterocycles. The fourth-order valence-electron chi connectivity index (χ4n) is 3.84. The van der Waals surface area contributed by atoms with E-state index in [2.05, 4.69) is 9.97 Å². The van der Waals surface area contributed by atoms with Crippen LogP contribution in [0.3, 0.4) is 0 Å². The van der Waals surface area contributed by atoms with Gasteiger partial charge in [-0.3, -0.25) is 10.0 Å². The zero-order chi connectivity index (χ0) is 23.8. The summed E-state index contributed by atoms with van der Waals surface area (Å²) in [6.07, 6.45) is 2.12. The predicted molar refractivity (Wildman–Crippen MR) is 123 cm³/mol. The number of carbonyl (C=O) groups excluding carboxylic acids is 1. The first-order chi connectivity index (χ1) is 15.9. The molecule has 0 fully saturated rings. The summed E-state index contributed by atoms with van der Waals surface area (Å²) in [4.78, 5) is 19.4. The van der Waals surface area contributed by atoms with E-state index < -0.39 is 21.0 Å². The average Bonchev–Trinajstić information content (AvgIpc) is 3.24. The Hall–Kier alpha value is -2.95. The minimum atomic E-state index is -3.94. The first kappa shape index (κ1) is 24.7.